The minimum Gasteiger partial charge on any atom is -0.301 e. The van der Waals surface area contributed by atoms with Gasteiger partial charge in [0.05, 0.1) is 6.21 Å². The van der Waals surface area contributed by atoms with E-state index in [0.717, 1.165) is 6.21 Å². The molecule has 0 saturated carbocycles. The standard InChI is InChI=1S/C2H4N6O/c3-2(6-8-4)1-5-9-7-2/h1,7H,3H2. The Morgan fingerprint density at radius 1 is 2.00 bits per heavy atom. The van der Waals surface area contributed by atoms with Gasteiger partial charge in [0.1, 0.15) is 0 Å². The van der Waals surface area contributed by atoms with E-state index in [1.165, 1.54) is 0 Å². The van der Waals surface area contributed by atoms with Gasteiger partial charge < -0.3 is 5.73 Å². The molecule has 0 aromatic carbocycles. The lowest BCUT2D eigenvalue weighted by Crippen LogP contribution is -2.48. The van der Waals surface area contributed by atoms with Gasteiger partial charge in [-0.25, -0.2) is 0 Å². The Bertz CT molecular complexity index is 181. The van der Waals surface area contributed by atoms with Crippen LogP contribution in [0.1, 0.15) is 0 Å². The largest absolute Gasteiger partial charge is 0.301 e. The van der Waals surface area contributed by atoms with Gasteiger partial charge in [-0.05, 0) is 10.6 Å². The molecule has 0 amide bonds. The number of rotatable bonds is 1. The summed E-state index contributed by atoms with van der Waals surface area (Å²) in [4.78, 5) is 6.70. The highest BCUT2D eigenvalue weighted by Crippen LogP contribution is 2.00. The summed E-state index contributed by atoms with van der Waals surface area (Å²) >= 11 is 0. The fourth-order valence-corrected chi connectivity index (χ4v) is 0.353. The third-order valence-electron chi connectivity index (χ3n) is 0.722. The van der Waals surface area contributed by atoms with Gasteiger partial charge in [-0.3, -0.25) is 4.94 Å². The van der Waals surface area contributed by atoms with E-state index < -0.39 is 5.79 Å². The van der Waals surface area contributed by atoms with Gasteiger partial charge in [0.15, 0.2) is 0 Å². The van der Waals surface area contributed by atoms with Crippen LogP contribution in [0.2, 0.25) is 0 Å². The molecular weight excluding hydrogens is 124 g/mol. The van der Waals surface area contributed by atoms with Gasteiger partial charge in [-0.2, -0.15) is 0 Å². The van der Waals surface area contributed by atoms with Crippen LogP contribution in [0.25, 0.3) is 10.4 Å². The van der Waals surface area contributed by atoms with Crippen molar-refractivity contribution < 1.29 is 4.94 Å². The molecule has 0 bridgehead atoms. The Hall–Kier alpha value is -1.30. The predicted molar refractivity (Wildman–Crippen MR) is 28.8 cm³/mol. The quantitative estimate of drug-likeness (QED) is 0.280. The predicted octanol–water partition coefficient (Wildman–Crippen LogP) is -0.570. The van der Waals surface area contributed by atoms with Crippen LogP contribution in [0.5, 0.6) is 0 Å². The number of hydrogen-bond donors (Lipinski definition) is 2. The van der Waals surface area contributed by atoms with Crippen LogP contribution < -0.4 is 11.2 Å². The van der Waals surface area contributed by atoms with Crippen LogP contribution >= 0.6 is 0 Å². The first-order valence-corrected chi connectivity index (χ1v) is 2.10. The number of hydrogen-bond acceptors (Lipinski definition) is 5. The Morgan fingerprint density at radius 2 is 2.78 bits per heavy atom. The summed E-state index contributed by atoms with van der Waals surface area (Å²) in [7, 11) is 0. The monoisotopic (exact) mass is 128 g/mol. The SMILES string of the molecule is [N-]=[N+]=NC1(N)C=NON1. The van der Waals surface area contributed by atoms with Crippen molar-refractivity contribution in [2.75, 3.05) is 0 Å². The molecule has 9 heavy (non-hydrogen) atoms. The summed E-state index contributed by atoms with van der Waals surface area (Å²) in [5, 5.41) is 6.36. The van der Waals surface area contributed by atoms with Crippen molar-refractivity contribution in [3.63, 3.8) is 0 Å². The van der Waals surface area contributed by atoms with Crippen molar-refractivity contribution in [3.8, 4) is 0 Å². The molecule has 48 valence electrons. The van der Waals surface area contributed by atoms with E-state index in [1.54, 1.807) is 0 Å². The first kappa shape index (κ1) is 5.83. The van der Waals surface area contributed by atoms with E-state index in [4.69, 9.17) is 11.3 Å². The van der Waals surface area contributed by atoms with E-state index in [9.17, 15) is 0 Å². The molecule has 0 aromatic heterocycles. The molecule has 0 fully saturated rings. The third kappa shape index (κ3) is 1.08. The minimum atomic E-state index is -1.31. The highest BCUT2D eigenvalue weighted by Gasteiger charge is 2.25. The van der Waals surface area contributed by atoms with Crippen molar-refractivity contribution in [1.29, 1.82) is 0 Å². The first-order valence-electron chi connectivity index (χ1n) is 2.10. The summed E-state index contributed by atoms with van der Waals surface area (Å²) in [5.74, 6) is -1.31. The van der Waals surface area contributed by atoms with E-state index in [1.807, 2.05) is 0 Å². The van der Waals surface area contributed by atoms with Crippen molar-refractivity contribution in [3.05, 3.63) is 10.4 Å². The van der Waals surface area contributed by atoms with Gasteiger partial charge in [0, 0.05) is 4.91 Å². The average molecular weight is 128 g/mol. The molecule has 3 N–H and O–H groups in total. The van der Waals surface area contributed by atoms with Crippen LogP contribution in [-0.4, -0.2) is 12.0 Å². The summed E-state index contributed by atoms with van der Waals surface area (Å²) in [5.41, 5.74) is 15.3. The van der Waals surface area contributed by atoms with Crippen molar-refractivity contribution in [2.45, 2.75) is 5.79 Å². The maximum atomic E-state index is 7.91. The molecule has 7 heteroatoms. The fraction of sp³-hybridized carbons (Fsp3) is 0.500. The second-order valence-corrected chi connectivity index (χ2v) is 1.44. The zero-order valence-corrected chi connectivity index (χ0v) is 4.35. The van der Waals surface area contributed by atoms with Gasteiger partial charge in [-0.1, -0.05) is 10.6 Å². The Kier molecular flexibility index (Phi) is 1.23. The maximum absolute atomic E-state index is 7.91. The summed E-state index contributed by atoms with van der Waals surface area (Å²) in [6.07, 6.45) is 1.16. The normalized spacial score (nSPS) is 31.2. The van der Waals surface area contributed by atoms with E-state index in [2.05, 4.69) is 25.6 Å². The van der Waals surface area contributed by atoms with Crippen LogP contribution in [0.3, 0.4) is 0 Å². The lowest BCUT2D eigenvalue weighted by molar-refractivity contribution is 0.0352. The number of nitrogens with one attached hydrogen (secondary N) is 1. The molecule has 7 nitrogen and oxygen atoms in total. The first-order chi connectivity index (χ1) is 4.27. The molecule has 1 rings (SSSR count). The maximum Gasteiger partial charge on any atom is 0.221 e. The molecule has 0 radical (unpaired) electrons. The van der Waals surface area contributed by atoms with Crippen LogP contribution in [0.15, 0.2) is 10.3 Å². The molecule has 0 spiro atoms. The molecule has 1 heterocycles. The average Bonchev–Trinajstić information content (AvgIpc) is 2.16. The minimum absolute atomic E-state index is 1.16. The molecule has 1 aliphatic rings. The van der Waals surface area contributed by atoms with E-state index in [-0.39, 0.29) is 0 Å². The molecule has 1 aliphatic heterocycles. The van der Waals surface area contributed by atoms with Gasteiger partial charge in [-0.15, -0.1) is 0 Å². The molecular formula is C2H4N6O. The Morgan fingerprint density at radius 3 is 3.22 bits per heavy atom. The van der Waals surface area contributed by atoms with Crippen LogP contribution in [0.4, 0.5) is 0 Å². The van der Waals surface area contributed by atoms with Gasteiger partial charge in [0.25, 0.3) is 0 Å². The summed E-state index contributed by atoms with van der Waals surface area (Å²) in [6.45, 7) is 0. The zero-order chi connectivity index (χ0) is 6.74. The second kappa shape index (κ2) is 1.90. The van der Waals surface area contributed by atoms with Crippen molar-refractivity contribution in [1.82, 2.24) is 5.48 Å². The Labute approximate surface area is 50.0 Å². The fourth-order valence-electron chi connectivity index (χ4n) is 0.353. The topological polar surface area (TPSA) is 108 Å². The molecule has 1 unspecified atom stereocenters. The lowest BCUT2D eigenvalue weighted by Gasteiger charge is -2.08. The Balaban J connectivity index is 2.73. The zero-order valence-electron chi connectivity index (χ0n) is 4.35. The van der Waals surface area contributed by atoms with Crippen molar-refractivity contribution in [2.24, 2.45) is 16.0 Å². The molecule has 1 atom stereocenters. The lowest BCUT2D eigenvalue weighted by atomic mass is 10.4. The number of nitrogens with two attached hydrogens (primary N) is 1. The smallest absolute Gasteiger partial charge is 0.221 e. The highest BCUT2D eigenvalue weighted by atomic mass is 16.8. The number of oxime groups is 1. The van der Waals surface area contributed by atoms with Crippen LogP contribution in [0, 0.1) is 0 Å². The second-order valence-electron chi connectivity index (χ2n) is 1.44. The number of nitrogens with zero attached hydrogens (tertiary/aromatic N) is 4. The van der Waals surface area contributed by atoms with Crippen LogP contribution in [-0.2, 0) is 4.94 Å². The molecule has 0 saturated heterocycles. The third-order valence-corrected chi connectivity index (χ3v) is 0.722. The van der Waals surface area contributed by atoms with E-state index in [0.29, 0.717) is 0 Å². The van der Waals surface area contributed by atoms with Gasteiger partial charge >= 0.3 is 0 Å². The number of hydroxylamine groups is 1. The van der Waals surface area contributed by atoms with Gasteiger partial charge in [0.2, 0.25) is 5.79 Å². The van der Waals surface area contributed by atoms with Crippen molar-refractivity contribution >= 4 is 6.21 Å². The highest BCUT2D eigenvalue weighted by molar-refractivity contribution is 5.68. The molecule has 0 aliphatic carbocycles. The summed E-state index contributed by atoms with van der Waals surface area (Å²) < 4.78 is 0. The van der Waals surface area contributed by atoms with E-state index >= 15 is 0 Å². The summed E-state index contributed by atoms with van der Waals surface area (Å²) in [6, 6.07) is 0. The molecule has 0 aromatic rings. The number of azide groups is 1.